The van der Waals surface area contributed by atoms with Crippen LogP contribution in [0.3, 0.4) is 0 Å². The van der Waals surface area contributed by atoms with E-state index in [-0.39, 0.29) is 30.8 Å². The SMILES string of the molecule is Cc1cc(O)c2c(c1)/C=C/C[C@H](O)[C@H](O)C(=O)/C=C\CCOC2=O. The molecule has 0 unspecified atom stereocenters. The third kappa shape index (κ3) is 4.31. The van der Waals surface area contributed by atoms with E-state index in [1.807, 2.05) is 0 Å². The number of rotatable bonds is 0. The van der Waals surface area contributed by atoms with Crippen molar-refractivity contribution in [3.63, 3.8) is 0 Å². The molecule has 1 aromatic carbocycles. The van der Waals surface area contributed by atoms with Crippen molar-refractivity contribution in [3.05, 3.63) is 47.1 Å². The van der Waals surface area contributed by atoms with Gasteiger partial charge < -0.3 is 20.1 Å². The third-order valence-corrected chi connectivity index (χ3v) is 3.63. The molecule has 2 rings (SSSR count). The molecule has 0 fully saturated rings. The van der Waals surface area contributed by atoms with E-state index in [4.69, 9.17) is 4.74 Å². The molecule has 6 nitrogen and oxygen atoms in total. The fourth-order valence-electron chi connectivity index (χ4n) is 2.39. The largest absolute Gasteiger partial charge is 0.507 e. The molecular formula is C18H20O6. The van der Waals surface area contributed by atoms with Crippen molar-refractivity contribution < 1.29 is 29.6 Å². The Kier molecular flexibility index (Phi) is 5.89. The summed E-state index contributed by atoms with van der Waals surface area (Å²) < 4.78 is 5.11. The van der Waals surface area contributed by atoms with Gasteiger partial charge in [0.05, 0.1) is 12.7 Å². The molecule has 1 aromatic rings. The van der Waals surface area contributed by atoms with Crippen LogP contribution < -0.4 is 0 Å². The van der Waals surface area contributed by atoms with Crippen LogP contribution in [0.5, 0.6) is 5.75 Å². The van der Waals surface area contributed by atoms with E-state index in [0.29, 0.717) is 5.56 Å². The van der Waals surface area contributed by atoms with Gasteiger partial charge in [0.15, 0.2) is 5.78 Å². The summed E-state index contributed by atoms with van der Waals surface area (Å²) in [5.74, 6) is -1.45. The number of fused-ring (bicyclic) bond motifs is 1. The van der Waals surface area contributed by atoms with E-state index in [1.165, 1.54) is 18.2 Å². The first-order chi connectivity index (χ1) is 11.4. The number of phenolic OH excluding ortho intramolecular Hbond substituents is 1. The molecular weight excluding hydrogens is 312 g/mol. The van der Waals surface area contributed by atoms with Gasteiger partial charge in [0, 0.05) is 0 Å². The molecule has 0 amide bonds. The number of phenols is 1. The summed E-state index contributed by atoms with van der Waals surface area (Å²) >= 11 is 0. The monoisotopic (exact) mass is 332 g/mol. The minimum atomic E-state index is -1.51. The first kappa shape index (κ1) is 17.9. The molecule has 3 N–H and O–H groups in total. The van der Waals surface area contributed by atoms with Gasteiger partial charge in [-0.3, -0.25) is 4.79 Å². The van der Waals surface area contributed by atoms with Crippen molar-refractivity contribution in [1.82, 2.24) is 0 Å². The topological polar surface area (TPSA) is 104 Å². The normalized spacial score (nSPS) is 25.3. The van der Waals surface area contributed by atoms with E-state index in [1.54, 1.807) is 19.1 Å². The van der Waals surface area contributed by atoms with Gasteiger partial charge in [-0.25, -0.2) is 4.79 Å². The summed E-state index contributed by atoms with van der Waals surface area (Å²) in [6, 6.07) is 3.17. The van der Waals surface area contributed by atoms with Crippen molar-refractivity contribution in [2.75, 3.05) is 6.61 Å². The zero-order valence-corrected chi connectivity index (χ0v) is 13.3. The molecule has 0 spiro atoms. The van der Waals surface area contributed by atoms with Crippen LogP contribution in [0.25, 0.3) is 6.08 Å². The van der Waals surface area contributed by atoms with Crippen LogP contribution in [0, 0.1) is 6.92 Å². The molecule has 2 atom stereocenters. The van der Waals surface area contributed by atoms with Gasteiger partial charge in [-0.2, -0.15) is 0 Å². The van der Waals surface area contributed by atoms with Gasteiger partial charge in [-0.15, -0.1) is 0 Å². The Hall–Kier alpha value is -2.44. The minimum Gasteiger partial charge on any atom is -0.507 e. The quantitative estimate of drug-likeness (QED) is 0.622. The fraction of sp³-hybridized carbons (Fsp3) is 0.333. The standard InChI is InChI=1S/C18H20O6/c1-11-9-12-5-4-7-14(20)17(22)13(19)6-2-3-8-24-18(23)16(12)15(21)10-11/h2,4-6,9-10,14,17,20-22H,3,7-8H2,1H3/b5-4+,6-2-/t14-,17+/m0/s1. The van der Waals surface area contributed by atoms with Gasteiger partial charge in [0.1, 0.15) is 17.4 Å². The Balaban J connectivity index is 2.38. The van der Waals surface area contributed by atoms with Gasteiger partial charge in [0.2, 0.25) is 0 Å². The number of carbonyl (C=O) groups is 2. The van der Waals surface area contributed by atoms with Gasteiger partial charge in [0.25, 0.3) is 0 Å². The van der Waals surface area contributed by atoms with Crippen molar-refractivity contribution in [2.24, 2.45) is 0 Å². The maximum Gasteiger partial charge on any atom is 0.342 e. The number of cyclic esters (lactones) is 1. The van der Waals surface area contributed by atoms with Crippen molar-refractivity contribution in [3.8, 4) is 5.75 Å². The molecule has 0 radical (unpaired) electrons. The number of ether oxygens (including phenoxy) is 1. The summed E-state index contributed by atoms with van der Waals surface area (Å²) in [5.41, 5.74) is 1.24. The third-order valence-electron chi connectivity index (χ3n) is 3.63. The maximum absolute atomic E-state index is 12.2. The van der Waals surface area contributed by atoms with E-state index in [9.17, 15) is 24.9 Å². The molecule has 0 aromatic heterocycles. The van der Waals surface area contributed by atoms with E-state index in [2.05, 4.69) is 0 Å². The number of ketones is 1. The summed E-state index contributed by atoms with van der Waals surface area (Å²) in [6.45, 7) is 1.80. The zero-order valence-electron chi connectivity index (χ0n) is 13.3. The van der Waals surface area contributed by atoms with Crippen LogP contribution in [0.4, 0.5) is 0 Å². The molecule has 0 saturated carbocycles. The second-order valence-electron chi connectivity index (χ2n) is 5.63. The highest BCUT2D eigenvalue weighted by Crippen LogP contribution is 2.26. The number of hydrogen-bond acceptors (Lipinski definition) is 6. The van der Waals surface area contributed by atoms with Crippen LogP contribution >= 0.6 is 0 Å². The van der Waals surface area contributed by atoms with Crippen molar-refractivity contribution >= 4 is 17.8 Å². The summed E-state index contributed by atoms with van der Waals surface area (Å²) in [5, 5.41) is 29.7. The molecule has 1 aliphatic rings. The van der Waals surface area contributed by atoms with Crippen molar-refractivity contribution in [2.45, 2.75) is 32.0 Å². The zero-order chi connectivity index (χ0) is 17.7. The molecule has 1 aliphatic heterocycles. The molecule has 128 valence electrons. The maximum atomic E-state index is 12.2. The predicted octanol–water partition coefficient (Wildman–Crippen LogP) is 1.51. The van der Waals surface area contributed by atoms with E-state index < -0.39 is 24.0 Å². The Morgan fingerprint density at radius 3 is 2.62 bits per heavy atom. The van der Waals surface area contributed by atoms with Crippen LogP contribution in [-0.2, 0) is 9.53 Å². The van der Waals surface area contributed by atoms with Gasteiger partial charge >= 0.3 is 5.97 Å². The number of carbonyl (C=O) groups excluding carboxylic acids is 2. The summed E-state index contributed by atoms with van der Waals surface area (Å²) in [7, 11) is 0. The summed E-state index contributed by atoms with van der Waals surface area (Å²) in [6.07, 6.45) is 3.22. The average molecular weight is 332 g/mol. The van der Waals surface area contributed by atoms with E-state index in [0.717, 1.165) is 11.6 Å². The highest BCUT2D eigenvalue weighted by Gasteiger charge is 2.22. The van der Waals surface area contributed by atoms with Crippen LogP contribution in [-0.4, -0.2) is 45.9 Å². The number of aliphatic hydroxyl groups is 2. The second-order valence-corrected chi connectivity index (χ2v) is 5.63. The van der Waals surface area contributed by atoms with Crippen molar-refractivity contribution in [1.29, 1.82) is 0 Å². The lowest BCUT2D eigenvalue weighted by Crippen LogP contribution is -2.32. The number of aliphatic hydroxyl groups excluding tert-OH is 2. The Bertz CT molecular complexity index is 689. The molecule has 0 saturated heterocycles. The molecule has 6 heteroatoms. The van der Waals surface area contributed by atoms with Gasteiger partial charge in [-0.1, -0.05) is 24.3 Å². The number of aromatic hydroxyl groups is 1. The molecule has 0 aliphatic carbocycles. The van der Waals surface area contributed by atoms with Crippen LogP contribution in [0.1, 0.15) is 34.3 Å². The lowest BCUT2D eigenvalue weighted by molar-refractivity contribution is -0.127. The summed E-state index contributed by atoms with van der Waals surface area (Å²) in [4.78, 5) is 23.9. The first-order valence-corrected chi connectivity index (χ1v) is 7.64. The van der Waals surface area contributed by atoms with Crippen LogP contribution in [0.15, 0.2) is 30.4 Å². The smallest absolute Gasteiger partial charge is 0.342 e. The van der Waals surface area contributed by atoms with Gasteiger partial charge in [-0.05, 0) is 43.0 Å². The lowest BCUT2D eigenvalue weighted by atomic mass is 10.0. The van der Waals surface area contributed by atoms with Crippen LogP contribution in [0.2, 0.25) is 0 Å². The Labute approximate surface area is 139 Å². The molecule has 1 heterocycles. The highest BCUT2D eigenvalue weighted by molar-refractivity contribution is 5.97. The number of hydrogen-bond donors (Lipinski definition) is 3. The second kappa shape index (κ2) is 7.90. The molecule has 0 bridgehead atoms. The Morgan fingerprint density at radius 2 is 1.88 bits per heavy atom. The highest BCUT2D eigenvalue weighted by atomic mass is 16.5. The fourth-order valence-corrected chi connectivity index (χ4v) is 2.39. The average Bonchev–Trinajstić information content (AvgIpc) is 2.51. The minimum absolute atomic E-state index is 0.0178. The lowest BCUT2D eigenvalue weighted by Gasteiger charge is -2.14. The number of esters is 1. The molecule has 24 heavy (non-hydrogen) atoms. The number of benzene rings is 1. The number of aryl methyl sites for hydroxylation is 1. The predicted molar refractivity (Wildman–Crippen MR) is 87.6 cm³/mol. The Morgan fingerprint density at radius 1 is 1.12 bits per heavy atom. The van der Waals surface area contributed by atoms with E-state index >= 15 is 0 Å². The first-order valence-electron chi connectivity index (χ1n) is 7.64.